The third-order valence-electron chi connectivity index (χ3n) is 7.30. The van der Waals surface area contributed by atoms with Crippen LogP contribution in [0.25, 0.3) is 38.2 Å². The molecule has 0 saturated heterocycles. The van der Waals surface area contributed by atoms with Crippen molar-refractivity contribution in [3.05, 3.63) is 98.8 Å². The number of aryl methyl sites for hydroxylation is 1. The molecule has 0 spiro atoms. The zero-order valence-electron chi connectivity index (χ0n) is 20.1. The van der Waals surface area contributed by atoms with Crippen LogP contribution in [0.5, 0.6) is 0 Å². The number of aromatic nitrogens is 2. The molecule has 6 aromatic rings. The number of amides is 2. The predicted molar refractivity (Wildman–Crippen MR) is 141 cm³/mol. The van der Waals surface area contributed by atoms with Crippen molar-refractivity contribution in [2.24, 2.45) is 0 Å². The average molecular weight is 517 g/mol. The van der Waals surface area contributed by atoms with E-state index in [0.29, 0.717) is 32.8 Å². The smallest absolute Gasteiger partial charge is 0.335 e. The molecular formula is C29H15N3O7. The monoisotopic (exact) mass is 517 g/mol. The van der Waals surface area contributed by atoms with E-state index in [1.165, 1.54) is 52.9 Å². The number of imide groups is 1. The van der Waals surface area contributed by atoms with Crippen LogP contribution >= 0.6 is 0 Å². The summed E-state index contributed by atoms with van der Waals surface area (Å²) >= 11 is 0. The topological polar surface area (TPSA) is 146 Å². The van der Waals surface area contributed by atoms with Crippen molar-refractivity contribution in [1.82, 2.24) is 9.38 Å². The molecule has 10 nitrogen and oxygen atoms in total. The number of hydrogen-bond donors (Lipinski definition) is 2. The van der Waals surface area contributed by atoms with Crippen molar-refractivity contribution in [2.45, 2.75) is 6.92 Å². The number of imidazole rings is 1. The molecule has 1 aliphatic heterocycles. The number of carboxylic acids is 2. The molecule has 10 heteroatoms. The molecule has 1 aliphatic rings. The van der Waals surface area contributed by atoms with Gasteiger partial charge < -0.3 is 10.2 Å². The van der Waals surface area contributed by atoms with Crippen molar-refractivity contribution in [2.75, 3.05) is 4.90 Å². The molecule has 0 radical (unpaired) electrons. The van der Waals surface area contributed by atoms with Crippen molar-refractivity contribution in [1.29, 1.82) is 0 Å². The number of hydrogen-bond acceptors (Lipinski definition) is 6. The Labute approximate surface area is 217 Å². The van der Waals surface area contributed by atoms with Crippen molar-refractivity contribution >= 4 is 67.7 Å². The Morgan fingerprint density at radius 3 is 2.03 bits per heavy atom. The summed E-state index contributed by atoms with van der Waals surface area (Å²) in [6.45, 7) is 1.68. The highest BCUT2D eigenvalue weighted by atomic mass is 16.4. The number of anilines is 1. The molecule has 2 N–H and O–H groups in total. The van der Waals surface area contributed by atoms with Gasteiger partial charge in [0.15, 0.2) is 0 Å². The molecule has 0 bridgehead atoms. The first-order chi connectivity index (χ1) is 18.7. The van der Waals surface area contributed by atoms with Gasteiger partial charge in [0.2, 0.25) is 0 Å². The number of carboxylic acid groups (broad SMARTS) is 2. The number of nitrogens with zero attached hydrogens (tertiary/aromatic N) is 3. The lowest BCUT2D eigenvalue weighted by Crippen LogP contribution is -2.41. The van der Waals surface area contributed by atoms with Gasteiger partial charge in [0.05, 0.1) is 27.8 Å². The highest BCUT2D eigenvalue weighted by Crippen LogP contribution is 2.39. The lowest BCUT2D eigenvalue weighted by atomic mass is 9.89. The molecule has 2 aromatic heterocycles. The molecule has 2 amide bonds. The summed E-state index contributed by atoms with van der Waals surface area (Å²) in [4.78, 5) is 69.9. The summed E-state index contributed by atoms with van der Waals surface area (Å²) in [5, 5.41) is 20.4. The maximum atomic E-state index is 13.7. The number of carbonyl (C=O) groups excluding carboxylic acids is 2. The lowest BCUT2D eigenvalue weighted by Gasteiger charge is -2.29. The summed E-state index contributed by atoms with van der Waals surface area (Å²) in [6.07, 6.45) is 0. The molecule has 0 aliphatic carbocycles. The number of pyridine rings is 1. The van der Waals surface area contributed by atoms with Crippen molar-refractivity contribution in [3.8, 4) is 0 Å². The van der Waals surface area contributed by atoms with E-state index in [4.69, 9.17) is 0 Å². The molecule has 0 fully saturated rings. The third kappa shape index (κ3) is 2.85. The first kappa shape index (κ1) is 22.5. The molecule has 0 atom stereocenters. The number of benzene rings is 4. The molecule has 39 heavy (non-hydrogen) atoms. The Bertz CT molecular complexity index is 2190. The van der Waals surface area contributed by atoms with Gasteiger partial charge in [-0.3, -0.25) is 18.8 Å². The number of rotatable bonds is 3. The van der Waals surface area contributed by atoms with Gasteiger partial charge in [-0.2, -0.15) is 0 Å². The Kier molecular flexibility index (Phi) is 4.31. The molecule has 3 heterocycles. The van der Waals surface area contributed by atoms with Crippen LogP contribution in [0, 0.1) is 6.92 Å². The molecular weight excluding hydrogens is 502 g/mol. The van der Waals surface area contributed by atoms with Crippen molar-refractivity contribution in [3.63, 3.8) is 0 Å². The Morgan fingerprint density at radius 1 is 0.744 bits per heavy atom. The highest BCUT2D eigenvalue weighted by molar-refractivity contribution is 6.39. The first-order valence-corrected chi connectivity index (χ1v) is 11.8. The number of aromatic carboxylic acids is 2. The molecule has 7 rings (SSSR count). The zero-order chi connectivity index (χ0) is 27.3. The quantitative estimate of drug-likeness (QED) is 0.334. The minimum Gasteiger partial charge on any atom is -0.478 e. The normalized spacial score (nSPS) is 13.3. The van der Waals surface area contributed by atoms with Gasteiger partial charge in [0.25, 0.3) is 17.4 Å². The summed E-state index contributed by atoms with van der Waals surface area (Å²) in [7, 11) is 0. The van der Waals surface area contributed by atoms with Crippen LogP contribution in [0.1, 0.15) is 47.0 Å². The van der Waals surface area contributed by atoms with Gasteiger partial charge in [-0.05, 0) is 67.1 Å². The summed E-state index contributed by atoms with van der Waals surface area (Å²) < 4.78 is 1.35. The van der Waals surface area contributed by atoms with E-state index in [1.54, 1.807) is 19.1 Å². The summed E-state index contributed by atoms with van der Waals surface area (Å²) in [6, 6.07) is 14.8. The van der Waals surface area contributed by atoms with Gasteiger partial charge in [-0.25, -0.2) is 19.5 Å². The van der Waals surface area contributed by atoms with Gasteiger partial charge in [0, 0.05) is 32.7 Å². The van der Waals surface area contributed by atoms with Crippen LogP contribution < -0.4 is 10.5 Å². The minimum atomic E-state index is -1.19. The van der Waals surface area contributed by atoms with E-state index in [-0.39, 0.29) is 39.0 Å². The first-order valence-electron chi connectivity index (χ1n) is 11.8. The van der Waals surface area contributed by atoms with Gasteiger partial charge >= 0.3 is 11.9 Å². The molecule has 4 aromatic carbocycles. The van der Waals surface area contributed by atoms with Gasteiger partial charge in [-0.1, -0.05) is 6.07 Å². The maximum absolute atomic E-state index is 13.7. The van der Waals surface area contributed by atoms with E-state index in [0.717, 1.165) is 4.90 Å². The average Bonchev–Trinajstić information content (AvgIpc) is 3.30. The van der Waals surface area contributed by atoms with Crippen LogP contribution in [-0.4, -0.2) is 43.4 Å². The fourth-order valence-electron chi connectivity index (χ4n) is 5.47. The SMILES string of the molecule is Cc1ccc(C(=O)O)cc1N1C(=O)c2ccc3c(=O)n4c5cc(C(=O)O)ccc5nc4c4ccc(c2c34)C1=O. The lowest BCUT2D eigenvalue weighted by molar-refractivity contribution is 0.0686. The minimum absolute atomic E-state index is 0.00703. The van der Waals surface area contributed by atoms with Crippen LogP contribution in [0.4, 0.5) is 5.69 Å². The predicted octanol–water partition coefficient (Wildman–Crippen LogP) is 4.10. The molecule has 188 valence electrons. The Hall–Kier alpha value is -5.64. The van der Waals surface area contributed by atoms with Gasteiger partial charge in [-0.15, -0.1) is 0 Å². The van der Waals surface area contributed by atoms with Crippen LogP contribution in [0.15, 0.2) is 65.5 Å². The summed E-state index contributed by atoms with van der Waals surface area (Å²) in [5.41, 5.74) is 1.60. The fraction of sp³-hybridized carbons (Fsp3) is 0.0345. The molecule has 0 saturated carbocycles. The van der Waals surface area contributed by atoms with E-state index in [9.17, 15) is 34.2 Å². The van der Waals surface area contributed by atoms with E-state index < -0.39 is 29.3 Å². The fourth-order valence-corrected chi connectivity index (χ4v) is 5.47. The third-order valence-corrected chi connectivity index (χ3v) is 7.30. The number of fused-ring (bicyclic) bond motifs is 4. The van der Waals surface area contributed by atoms with Crippen molar-refractivity contribution < 1.29 is 29.4 Å². The Balaban J connectivity index is 1.54. The maximum Gasteiger partial charge on any atom is 0.335 e. The highest BCUT2D eigenvalue weighted by Gasteiger charge is 2.36. The summed E-state index contributed by atoms with van der Waals surface area (Å²) in [5.74, 6) is -3.61. The molecule has 0 unspecified atom stereocenters. The van der Waals surface area contributed by atoms with Crippen LogP contribution in [0.2, 0.25) is 0 Å². The number of carbonyl (C=O) groups is 4. The van der Waals surface area contributed by atoms with E-state index in [1.807, 2.05) is 0 Å². The zero-order valence-corrected chi connectivity index (χ0v) is 20.1. The second-order valence-electron chi connectivity index (χ2n) is 9.41. The van der Waals surface area contributed by atoms with Crippen LogP contribution in [-0.2, 0) is 0 Å². The standard InChI is InChI=1S/C29H15N3O7/c1-12-2-3-13(28(36)37)10-20(12)32-26(34)17-6-5-15-22-16(7-8-18(23(17)22)27(32)35)25(33)31-21-11-14(29(38)39)4-9-19(21)30-24(15)31/h2-11H,1H3,(H,36,37)(H,38,39). The largest absolute Gasteiger partial charge is 0.478 e. The second-order valence-corrected chi connectivity index (χ2v) is 9.41. The van der Waals surface area contributed by atoms with Gasteiger partial charge in [0.1, 0.15) is 5.65 Å². The van der Waals surface area contributed by atoms with E-state index in [2.05, 4.69) is 4.98 Å². The second kappa shape index (κ2) is 7.45. The van der Waals surface area contributed by atoms with E-state index >= 15 is 0 Å². The van der Waals surface area contributed by atoms with Crippen LogP contribution in [0.3, 0.4) is 0 Å². The Morgan fingerprint density at radius 2 is 1.36 bits per heavy atom.